The van der Waals surface area contributed by atoms with E-state index in [0.29, 0.717) is 0 Å². The lowest BCUT2D eigenvalue weighted by molar-refractivity contribution is 0.365. The van der Waals surface area contributed by atoms with Crippen LogP contribution in [0.4, 0.5) is 0 Å². The van der Waals surface area contributed by atoms with Gasteiger partial charge < -0.3 is 0 Å². The number of rotatable bonds is 0. The molecule has 0 radical (unpaired) electrons. The summed E-state index contributed by atoms with van der Waals surface area (Å²) in [4.78, 5) is 1.70. The van der Waals surface area contributed by atoms with Crippen LogP contribution in [0.5, 0.6) is 0 Å². The Morgan fingerprint density at radius 3 is 2.50 bits per heavy atom. The highest BCUT2D eigenvalue weighted by molar-refractivity contribution is 9.11. The average Bonchev–Trinajstić information content (AvgIpc) is 2.49. The zero-order chi connectivity index (χ0) is 8.13. The Morgan fingerprint density at radius 2 is 1.83 bits per heavy atom. The molecule has 64 valence electrons. The molecule has 3 aliphatic carbocycles. The van der Waals surface area contributed by atoms with Crippen molar-refractivity contribution in [3.8, 4) is 0 Å². The van der Waals surface area contributed by atoms with Crippen LogP contribution in [0.15, 0.2) is 9.85 Å². The second kappa shape index (κ2) is 2.58. The zero-order valence-corrected chi connectivity index (χ0v) is 9.25. The van der Waals surface area contributed by atoms with Crippen LogP contribution in [0.25, 0.3) is 0 Å². The number of hydrogen-bond donors (Lipinski definition) is 0. The van der Waals surface area contributed by atoms with E-state index in [-0.39, 0.29) is 0 Å². The summed E-state index contributed by atoms with van der Waals surface area (Å²) in [5.74, 6) is 1.83. The van der Waals surface area contributed by atoms with Crippen molar-refractivity contribution in [1.29, 1.82) is 0 Å². The minimum atomic E-state index is 0.910. The number of hydrogen-bond acceptors (Lipinski definition) is 1. The van der Waals surface area contributed by atoms with Crippen molar-refractivity contribution in [2.45, 2.75) is 37.5 Å². The third-order valence-electron chi connectivity index (χ3n) is 3.30. The van der Waals surface area contributed by atoms with Crippen molar-refractivity contribution < 1.29 is 0 Å². The normalized spacial score (nSPS) is 32.1. The van der Waals surface area contributed by atoms with Crippen LogP contribution in [0, 0.1) is 0 Å². The van der Waals surface area contributed by atoms with Gasteiger partial charge in [0.2, 0.25) is 0 Å². The van der Waals surface area contributed by atoms with Gasteiger partial charge in [-0.2, -0.15) is 0 Å². The third kappa shape index (κ3) is 0.942. The Labute approximate surface area is 85.1 Å². The topological polar surface area (TPSA) is 0 Å². The minimum absolute atomic E-state index is 0.910. The fourth-order valence-electron chi connectivity index (χ4n) is 2.69. The Morgan fingerprint density at radius 1 is 1.17 bits per heavy atom. The van der Waals surface area contributed by atoms with Gasteiger partial charge in [0.05, 0.1) is 3.79 Å². The Hall–Kier alpha value is 0.180. The summed E-state index contributed by atoms with van der Waals surface area (Å²) in [5, 5.41) is 0. The van der Waals surface area contributed by atoms with Crippen LogP contribution in [0.2, 0.25) is 0 Å². The van der Waals surface area contributed by atoms with Crippen molar-refractivity contribution in [3.05, 3.63) is 20.3 Å². The molecule has 0 aliphatic heterocycles. The lowest BCUT2D eigenvalue weighted by Gasteiger charge is -2.35. The lowest BCUT2D eigenvalue weighted by Crippen LogP contribution is -2.19. The highest BCUT2D eigenvalue weighted by Crippen LogP contribution is 2.53. The maximum Gasteiger partial charge on any atom is 0.0704 e. The molecule has 0 atom stereocenters. The van der Waals surface area contributed by atoms with Gasteiger partial charge in [-0.3, -0.25) is 0 Å². The maximum atomic E-state index is 3.59. The van der Waals surface area contributed by atoms with Crippen LogP contribution in [0.1, 0.15) is 48.0 Å². The van der Waals surface area contributed by atoms with Crippen LogP contribution in [0.3, 0.4) is 0 Å². The molecule has 0 unspecified atom stereocenters. The smallest absolute Gasteiger partial charge is 0.0704 e. The first-order valence-electron chi connectivity index (χ1n) is 4.63. The molecule has 0 N–H and O–H groups in total. The maximum absolute atomic E-state index is 3.59. The molecule has 0 nitrogen and oxygen atoms in total. The minimum Gasteiger partial charge on any atom is -0.133 e. The lowest BCUT2D eigenvalue weighted by atomic mass is 9.71. The van der Waals surface area contributed by atoms with Crippen LogP contribution < -0.4 is 0 Å². The number of fused-ring (bicyclic) bond motifs is 2. The van der Waals surface area contributed by atoms with Crippen LogP contribution in [-0.2, 0) is 0 Å². The first-order chi connectivity index (χ1) is 5.84. The highest BCUT2D eigenvalue weighted by atomic mass is 79.9. The monoisotopic (exact) mass is 242 g/mol. The summed E-state index contributed by atoms with van der Waals surface area (Å²) in [6.45, 7) is 0. The summed E-state index contributed by atoms with van der Waals surface area (Å²) in [6.07, 6.45) is 5.79. The van der Waals surface area contributed by atoms with Crippen LogP contribution >= 0.6 is 27.3 Å². The summed E-state index contributed by atoms with van der Waals surface area (Å²) >= 11 is 5.56. The molecule has 1 aromatic heterocycles. The van der Waals surface area contributed by atoms with Crippen molar-refractivity contribution in [1.82, 2.24) is 0 Å². The summed E-state index contributed by atoms with van der Waals surface area (Å²) < 4.78 is 1.34. The van der Waals surface area contributed by atoms with Gasteiger partial charge in [0.1, 0.15) is 0 Å². The highest BCUT2D eigenvalue weighted by Gasteiger charge is 2.34. The van der Waals surface area contributed by atoms with Gasteiger partial charge in [0, 0.05) is 4.88 Å². The van der Waals surface area contributed by atoms with Crippen molar-refractivity contribution in [2.24, 2.45) is 0 Å². The van der Waals surface area contributed by atoms with E-state index >= 15 is 0 Å². The molecular weight excluding hydrogens is 232 g/mol. The molecule has 4 rings (SSSR count). The second-order valence-electron chi connectivity index (χ2n) is 3.92. The fourth-order valence-corrected chi connectivity index (χ4v) is 4.60. The number of halogens is 1. The molecule has 2 heteroatoms. The molecule has 1 heterocycles. The number of thiophene rings is 1. The summed E-state index contributed by atoms with van der Waals surface area (Å²) in [5.41, 5.74) is 1.68. The van der Waals surface area contributed by atoms with Crippen molar-refractivity contribution in [3.63, 3.8) is 0 Å². The molecule has 1 fully saturated rings. The van der Waals surface area contributed by atoms with Gasteiger partial charge in [0.15, 0.2) is 0 Å². The molecule has 12 heavy (non-hydrogen) atoms. The predicted molar refractivity (Wildman–Crippen MR) is 56.0 cm³/mol. The van der Waals surface area contributed by atoms with Gasteiger partial charge in [-0.05, 0) is 65.1 Å². The van der Waals surface area contributed by atoms with Gasteiger partial charge in [-0.25, -0.2) is 0 Å². The second-order valence-corrected chi connectivity index (χ2v) is 6.38. The molecule has 3 aliphatic rings. The first kappa shape index (κ1) is 7.57. The van der Waals surface area contributed by atoms with Crippen LogP contribution in [-0.4, -0.2) is 0 Å². The molecular formula is C10H11BrS. The van der Waals surface area contributed by atoms with Crippen molar-refractivity contribution in [2.75, 3.05) is 0 Å². The van der Waals surface area contributed by atoms with Gasteiger partial charge in [-0.1, -0.05) is 0 Å². The zero-order valence-electron chi connectivity index (χ0n) is 6.85. The van der Waals surface area contributed by atoms with E-state index in [9.17, 15) is 0 Å². The predicted octanol–water partition coefficient (Wildman–Crippen LogP) is 4.27. The van der Waals surface area contributed by atoms with Gasteiger partial charge in [0.25, 0.3) is 0 Å². The van der Waals surface area contributed by atoms with E-state index in [4.69, 9.17) is 0 Å². The summed E-state index contributed by atoms with van der Waals surface area (Å²) in [7, 11) is 0. The molecule has 1 saturated carbocycles. The largest absolute Gasteiger partial charge is 0.133 e. The molecule has 2 bridgehead atoms. The van der Waals surface area contributed by atoms with Gasteiger partial charge in [-0.15, -0.1) is 11.3 Å². The first-order valence-corrected chi connectivity index (χ1v) is 6.24. The van der Waals surface area contributed by atoms with E-state index in [1.165, 1.54) is 29.5 Å². The van der Waals surface area contributed by atoms with E-state index in [2.05, 4.69) is 22.0 Å². The Bertz CT molecular complexity index is 278. The van der Waals surface area contributed by atoms with Crippen molar-refractivity contribution >= 4 is 27.3 Å². The fraction of sp³-hybridized carbons (Fsp3) is 0.600. The Kier molecular flexibility index (Phi) is 1.63. The SMILES string of the molecule is Brc1cc2c(s1)C1CCC2CC1. The average molecular weight is 243 g/mol. The van der Waals surface area contributed by atoms with E-state index in [1.807, 2.05) is 11.3 Å². The standard InChI is InChI=1S/C10H11BrS/c11-9-5-8-6-1-3-7(4-2-6)10(8)12-9/h5-7H,1-4H2. The van der Waals surface area contributed by atoms with E-state index in [1.54, 1.807) is 10.4 Å². The molecule has 0 spiro atoms. The van der Waals surface area contributed by atoms with E-state index < -0.39 is 0 Å². The van der Waals surface area contributed by atoms with E-state index in [0.717, 1.165) is 11.8 Å². The molecule has 0 saturated heterocycles. The summed E-state index contributed by atoms with van der Waals surface area (Å²) in [6, 6.07) is 2.36. The molecule has 0 aromatic carbocycles. The molecule has 1 aromatic rings. The quantitative estimate of drug-likeness (QED) is 0.638. The third-order valence-corrected chi connectivity index (χ3v) is 5.12. The Balaban J connectivity index is 2.18. The van der Waals surface area contributed by atoms with Gasteiger partial charge >= 0.3 is 0 Å². The molecule has 0 amide bonds.